The Balaban J connectivity index is 1.35. The van der Waals surface area contributed by atoms with Crippen LogP contribution in [0.4, 0.5) is 0 Å². The Hall–Kier alpha value is -0.790. The van der Waals surface area contributed by atoms with Crippen LogP contribution in [0.25, 0.3) is 0 Å². The third-order valence-corrected chi connectivity index (χ3v) is 6.62. The second kappa shape index (κ2) is 4.36. The number of carbonyl (C=O) groups is 1. The van der Waals surface area contributed by atoms with Gasteiger partial charge in [0, 0.05) is 6.42 Å². The van der Waals surface area contributed by atoms with Gasteiger partial charge < -0.3 is 5.11 Å². The molecule has 2 heteroatoms. The van der Waals surface area contributed by atoms with E-state index >= 15 is 0 Å². The van der Waals surface area contributed by atoms with E-state index in [4.69, 9.17) is 5.11 Å². The minimum absolute atomic E-state index is 0.361. The molecule has 0 spiro atoms. The molecule has 3 saturated carbocycles. The van der Waals surface area contributed by atoms with Crippen LogP contribution < -0.4 is 0 Å². The molecule has 0 amide bonds. The summed E-state index contributed by atoms with van der Waals surface area (Å²) in [4.78, 5) is 10.6. The van der Waals surface area contributed by atoms with Gasteiger partial charge in [0.05, 0.1) is 0 Å². The summed E-state index contributed by atoms with van der Waals surface area (Å²) < 4.78 is 0. The van der Waals surface area contributed by atoms with Gasteiger partial charge in [-0.05, 0) is 67.1 Å². The standard InChI is InChI=1S/C17H24O2/c18-15(19)4-2-1-3-10-7-13-9-14(10)17-12-6-5-11(8-12)16(13)17/h5-6,10-14,16-17H,1-4,7-9H2,(H,18,19). The van der Waals surface area contributed by atoms with Crippen molar-refractivity contribution in [3.05, 3.63) is 12.2 Å². The van der Waals surface area contributed by atoms with Crippen LogP contribution in [0.15, 0.2) is 12.2 Å². The lowest BCUT2D eigenvalue weighted by molar-refractivity contribution is -0.137. The molecule has 4 rings (SSSR count). The Kier molecular flexibility index (Phi) is 2.75. The van der Waals surface area contributed by atoms with Gasteiger partial charge in [0.25, 0.3) is 0 Å². The number of unbranched alkanes of at least 4 members (excludes halogenated alkanes) is 1. The Morgan fingerprint density at radius 2 is 1.84 bits per heavy atom. The summed E-state index contributed by atoms with van der Waals surface area (Å²) >= 11 is 0. The highest BCUT2D eigenvalue weighted by molar-refractivity contribution is 5.66. The average molecular weight is 260 g/mol. The van der Waals surface area contributed by atoms with Crippen LogP contribution in [0.1, 0.15) is 44.9 Å². The van der Waals surface area contributed by atoms with E-state index in [1.807, 2.05) is 0 Å². The number of rotatable bonds is 5. The fourth-order valence-electron chi connectivity index (χ4n) is 6.17. The largest absolute Gasteiger partial charge is 0.481 e. The predicted molar refractivity (Wildman–Crippen MR) is 73.5 cm³/mol. The van der Waals surface area contributed by atoms with E-state index in [0.29, 0.717) is 6.42 Å². The molecule has 4 aliphatic rings. The third kappa shape index (κ3) is 1.79. The smallest absolute Gasteiger partial charge is 0.303 e. The molecular formula is C17H24O2. The molecule has 1 N–H and O–H groups in total. The fraction of sp³-hybridized carbons (Fsp3) is 0.824. The molecule has 0 aromatic heterocycles. The molecule has 104 valence electrons. The van der Waals surface area contributed by atoms with Gasteiger partial charge in [-0.25, -0.2) is 0 Å². The molecule has 7 unspecified atom stereocenters. The van der Waals surface area contributed by atoms with E-state index < -0.39 is 5.97 Å². The Bertz CT molecular complexity index is 413. The van der Waals surface area contributed by atoms with E-state index in [0.717, 1.165) is 54.3 Å². The first-order chi connectivity index (χ1) is 9.24. The molecular weight excluding hydrogens is 236 g/mol. The molecule has 19 heavy (non-hydrogen) atoms. The van der Waals surface area contributed by atoms with E-state index in [1.54, 1.807) is 0 Å². The molecule has 3 fully saturated rings. The second-order valence-electron chi connectivity index (χ2n) is 7.40. The summed E-state index contributed by atoms with van der Waals surface area (Å²) in [6, 6.07) is 0. The number of hydrogen-bond donors (Lipinski definition) is 1. The number of allylic oxidation sites excluding steroid dienone is 2. The lowest BCUT2D eigenvalue weighted by atomic mass is 9.68. The molecule has 0 radical (unpaired) electrons. The summed E-state index contributed by atoms with van der Waals surface area (Å²) in [6.45, 7) is 0. The predicted octanol–water partition coefficient (Wildman–Crippen LogP) is 3.73. The van der Waals surface area contributed by atoms with Gasteiger partial charge in [0.2, 0.25) is 0 Å². The van der Waals surface area contributed by atoms with Crippen molar-refractivity contribution in [1.29, 1.82) is 0 Å². The SMILES string of the molecule is O=C(O)CCCCC1CC2CC1C1C3C=CC(C3)C21. The highest BCUT2D eigenvalue weighted by Gasteiger charge is 2.60. The Morgan fingerprint density at radius 1 is 1.05 bits per heavy atom. The fourth-order valence-corrected chi connectivity index (χ4v) is 6.17. The Labute approximate surface area is 115 Å². The summed E-state index contributed by atoms with van der Waals surface area (Å²) in [5.41, 5.74) is 0. The minimum Gasteiger partial charge on any atom is -0.481 e. The minimum atomic E-state index is -0.633. The van der Waals surface area contributed by atoms with Crippen molar-refractivity contribution < 1.29 is 9.90 Å². The molecule has 2 nitrogen and oxygen atoms in total. The van der Waals surface area contributed by atoms with Gasteiger partial charge >= 0.3 is 5.97 Å². The monoisotopic (exact) mass is 260 g/mol. The number of aliphatic carboxylic acids is 1. The molecule has 0 aliphatic heterocycles. The van der Waals surface area contributed by atoms with Crippen molar-refractivity contribution >= 4 is 5.97 Å². The van der Waals surface area contributed by atoms with Crippen molar-refractivity contribution in [2.75, 3.05) is 0 Å². The zero-order chi connectivity index (χ0) is 13.0. The van der Waals surface area contributed by atoms with Crippen LogP contribution >= 0.6 is 0 Å². The van der Waals surface area contributed by atoms with Crippen LogP contribution in [0.5, 0.6) is 0 Å². The van der Waals surface area contributed by atoms with Crippen molar-refractivity contribution in [2.24, 2.45) is 41.4 Å². The maximum Gasteiger partial charge on any atom is 0.303 e. The van der Waals surface area contributed by atoms with Gasteiger partial charge in [-0.3, -0.25) is 4.79 Å². The molecule has 7 atom stereocenters. The molecule has 4 bridgehead atoms. The first kappa shape index (κ1) is 12.0. The van der Waals surface area contributed by atoms with E-state index in [9.17, 15) is 4.79 Å². The first-order valence-corrected chi connectivity index (χ1v) is 8.14. The Morgan fingerprint density at radius 3 is 2.63 bits per heavy atom. The number of fused-ring (bicyclic) bond motifs is 9. The summed E-state index contributed by atoms with van der Waals surface area (Å²) in [6.07, 6.45) is 13.1. The number of hydrogen-bond acceptors (Lipinski definition) is 1. The van der Waals surface area contributed by atoms with Crippen LogP contribution in [0.3, 0.4) is 0 Å². The molecule has 0 aromatic rings. The van der Waals surface area contributed by atoms with Crippen molar-refractivity contribution in [1.82, 2.24) is 0 Å². The van der Waals surface area contributed by atoms with Gasteiger partial charge in [-0.1, -0.05) is 25.0 Å². The zero-order valence-corrected chi connectivity index (χ0v) is 11.5. The van der Waals surface area contributed by atoms with Crippen molar-refractivity contribution in [3.63, 3.8) is 0 Å². The quantitative estimate of drug-likeness (QED) is 0.464. The average Bonchev–Trinajstić information content (AvgIpc) is 3.10. The molecule has 0 aromatic carbocycles. The number of carboxylic acids is 1. The van der Waals surface area contributed by atoms with E-state index in [-0.39, 0.29) is 0 Å². The zero-order valence-electron chi connectivity index (χ0n) is 11.5. The lowest BCUT2D eigenvalue weighted by Crippen LogP contribution is -2.30. The third-order valence-electron chi connectivity index (χ3n) is 6.62. The summed E-state index contributed by atoms with van der Waals surface area (Å²) in [7, 11) is 0. The highest BCUT2D eigenvalue weighted by Crippen LogP contribution is 2.67. The normalized spacial score (nSPS) is 48.9. The second-order valence-corrected chi connectivity index (χ2v) is 7.40. The topological polar surface area (TPSA) is 37.3 Å². The van der Waals surface area contributed by atoms with Crippen LogP contribution in [0.2, 0.25) is 0 Å². The molecule has 4 aliphatic carbocycles. The summed E-state index contributed by atoms with van der Waals surface area (Å²) in [5, 5.41) is 8.70. The van der Waals surface area contributed by atoms with Crippen LogP contribution in [-0.2, 0) is 4.79 Å². The van der Waals surface area contributed by atoms with Crippen LogP contribution in [-0.4, -0.2) is 11.1 Å². The van der Waals surface area contributed by atoms with Crippen molar-refractivity contribution in [2.45, 2.75) is 44.9 Å². The van der Waals surface area contributed by atoms with Gasteiger partial charge in [0.1, 0.15) is 0 Å². The maximum atomic E-state index is 10.6. The molecule has 0 saturated heterocycles. The first-order valence-electron chi connectivity index (χ1n) is 8.14. The highest BCUT2D eigenvalue weighted by atomic mass is 16.4. The van der Waals surface area contributed by atoms with Crippen LogP contribution in [0, 0.1) is 41.4 Å². The summed E-state index contributed by atoms with van der Waals surface area (Å²) in [5.74, 6) is 6.18. The van der Waals surface area contributed by atoms with E-state index in [1.165, 1.54) is 25.7 Å². The van der Waals surface area contributed by atoms with E-state index in [2.05, 4.69) is 12.2 Å². The van der Waals surface area contributed by atoms with Gasteiger partial charge in [-0.15, -0.1) is 0 Å². The number of carboxylic acid groups (broad SMARTS) is 1. The maximum absolute atomic E-state index is 10.6. The van der Waals surface area contributed by atoms with Crippen molar-refractivity contribution in [3.8, 4) is 0 Å². The van der Waals surface area contributed by atoms with Gasteiger partial charge in [-0.2, -0.15) is 0 Å². The molecule has 0 heterocycles. The van der Waals surface area contributed by atoms with Gasteiger partial charge in [0.15, 0.2) is 0 Å². The lowest BCUT2D eigenvalue weighted by Gasteiger charge is -2.36.